The van der Waals surface area contributed by atoms with Crippen molar-refractivity contribution >= 4 is 29.2 Å². The van der Waals surface area contributed by atoms with Crippen molar-refractivity contribution in [2.45, 2.75) is 38.8 Å². The van der Waals surface area contributed by atoms with E-state index < -0.39 is 6.04 Å². The highest BCUT2D eigenvalue weighted by Crippen LogP contribution is 2.33. The number of benzene rings is 3. The topological polar surface area (TPSA) is 69.7 Å². The Morgan fingerprint density at radius 3 is 2.24 bits per heavy atom. The van der Waals surface area contributed by atoms with Crippen LogP contribution < -0.4 is 10.2 Å². The van der Waals surface area contributed by atoms with Crippen molar-refractivity contribution in [1.82, 2.24) is 4.90 Å². The fourth-order valence-corrected chi connectivity index (χ4v) is 4.47. The molecule has 1 N–H and O–H groups in total. The fraction of sp³-hybridized carbons (Fsp3) is 0.222. The molecule has 1 fully saturated rings. The largest absolute Gasteiger partial charge is 0.332 e. The van der Waals surface area contributed by atoms with Gasteiger partial charge in [0.15, 0.2) is 0 Å². The van der Waals surface area contributed by atoms with Crippen LogP contribution in [0.1, 0.15) is 46.8 Å². The maximum Gasteiger partial charge on any atom is 0.332 e. The summed E-state index contributed by atoms with van der Waals surface area (Å²) in [6.45, 7) is 4.67. The van der Waals surface area contributed by atoms with Crippen molar-refractivity contribution in [2.24, 2.45) is 0 Å². The van der Waals surface area contributed by atoms with Crippen molar-refractivity contribution in [1.29, 1.82) is 0 Å². The molecule has 6 nitrogen and oxygen atoms in total. The summed E-state index contributed by atoms with van der Waals surface area (Å²) in [6, 6.07) is 21.5. The number of hydrogen-bond donors (Lipinski definition) is 1. The third-order valence-electron chi connectivity index (χ3n) is 6.41. The number of hydrogen-bond acceptors (Lipinski definition) is 3. The summed E-state index contributed by atoms with van der Waals surface area (Å²) in [5.41, 5.74) is 5.03. The molecule has 2 aliphatic rings. The van der Waals surface area contributed by atoms with Crippen molar-refractivity contribution in [3.05, 3.63) is 95.1 Å². The summed E-state index contributed by atoms with van der Waals surface area (Å²) >= 11 is 0. The molecule has 3 aromatic carbocycles. The normalized spacial score (nSPS) is 17.2. The van der Waals surface area contributed by atoms with Gasteiger partial charge in [-0.05, 0) is 59.0 Å². The Bertz CT molecular complexity index is 1190. The van der Waals surface area contributed by atoms with Crippen LogP contribution in [0.3, 0.4) is 0 Å². The summed E-state index contributed by atoms with van der Waals surface area (Å²) in [5, 5.41) is 2.89. The predicted molar refractivity (Wildman–Crippen MR) is 127 cm³/mol. The van der Waals surface area contributed by atoms with Gasteiger partial charge in [0.2, 0.25) is 0 Å². The molecule has 1 atom stereocenters. The first-order valence-corrected chi connectivity index (χ1v) is 11.1. The second-order valence-corrected chi connectivity index (χ2v) is 8.85. The molecule has 0 aromatic heterocycles. The number of imide groups is 1. The third-order valence-corrected chi connectivity index (χ3v) is 6.41. The molecular formula is C27H25N3O3. The van der Waals surface area contributed by atoms with Gasteiger partial charge in [0.05, 0.1) is 5.69 Å². The lowest BCUT2D eigenvalue weighted by molar-refractivity contribution is -0.120. The Hall–Kier alpha value is -3.93. The number of nitrogens with one attached hydrogen (secondary N) is 1. The van der Waals surface area contributed by atoms with E-state index in [0.29, 0.717) is 30.1 Å². The van der Waals surface area contributed by atoms with Crippen LogP contribution >= 0.6 is 0 Å². The maximum absolute atomic E-state index is 13.1. The molecule has 0 radical (unpaired) electrons. The van der Waals surface area contributed by atoms with E-state index in [2.05, 4.69) is 19.2 Å². The summed E-state index contributed by atoms with van der Waals surface area (Å²) in [7, 11) is 0. The van der Waals surface area contributed by atoms with Gasteiger partial charge in [-0.25, -0.2) is 9.69 Å². The lowest BCUT2D eigenvalue weighted by Crippen LogP contribution is -2.39. The van der Waals surface area contributed by atoms with Gasteiger partial charge in [0, 0.05) is 24.2 Å². The van der Waals surface area contributed by atoms with E-state index >= 15 is 0 Å². The van der Waals surface area contributed by atoms with Gasteiger partial charge in [0.25, 0.3) is 11.8 Å². The highest BCUT2D eigenvalue weighted by Gasteiger charge is 2.47. The molecule has 0 spiro atoms. The Kier molecular flexibility index (Phi) is 5.21. The van der Waals surface area contributed by atoms with Crippen molar-refractivity contribution in [3.63, 3.8) is 0 Å². The Morgan fingerprint density at radius 1 is 0.909 bits per heavy atom. The van der Waals surface area contributed by atoms with E-state index in [1.165, 1.54) is 10.5 Å². The van der Waals surface area contributed by atoms with Gasteiger partial charge in [-0.1, -0.05) is 50.2 Å². The van der Waals surface area contributed by atoms with Crippen LogP contribution in [0.2, 0.25) is 0 Å². The number of rotatable bonds is 4. The number of carbonyl (C=O) groups excluding carboxylic acids is 3. The second kappa shape index (κ2) is 8.20. The number of urea groups is 1. The SMILES string of the molecule is CC(C)c1ccc(NC(=O)c2ccc(N3C(=O)C4Cc5ccccc5CN4C3=O)cc2)cc1. The first-order chi connectivity index (χ1) is 15.9. The molecule has 0 saturated carbocycles. The number of nitrogens with zero attached hydrogens (tertiary/aromatic N) is 2. The first-order valence-electron chi connectivity index (χ1n) is 11.1. The summed E-state index contributed by atoms with van der Waals surface area (Å²) < 4.78 is 0. The predicted octanol–water partition coefficient (Wildman–Crippen LogP) is 4.96. The molecule has 3 aromatic rings. The summed E-state index contributed by atoms with van der Waals surface area (Å²) in [5.74, 6) is -0.0460. The molecule has 4 amide bonds. The van der Waals surface area contributed by atoms with E-state index in [1.807, 2.05) is 48.5 Å². The maximum atomic E-state index is 13.1. The van der Waals surface area contributed by atoms with Crippen LogP contribution in [0.25, 0.3) is 0 Å². The smallest absolute Gasteiger partial charge is 0.322 e. The van der Waals surface area contributed by atoms with Crippen molar-refractivity contribution in [3.8, 4) is 0 Å². The number of amides is 4. The molecule has 0 aliphatic carbocycles. The molecule has 1 saturated heterocycles. The van der Waals surface area contributed by atoms with Crippen LogP contribution in [0, 0.1) is 0 Å². The first kappa shape index (κ1) is 20.9. The standard InChI is InChI=1S/C27H25N3O3/c1-17(2)18-7-11-22(12-8-18)28-25(31)19-9-13-23(14-10-19)30-26(32)24-15-20-5-3-4-6-21(20)16-29(24)27(30)33/h3-14,17,24H,15-16H2,1-2H3,(H,28,31). The van der Waals surface area contributed by atoms with E-state index in [-0.39, 0.29) is 17.8 Å². The van der Waals surface area contributed by atoms with Crippen molar-refractivity contribution < 1.29 is 14.4 Å². The molecule has 2 aliphatic heterocycles. The van der Waals surface area contributed by atoms with Crippen LogP contribution in [0.5, 0.6) is 0 Å². The molecule has 0 bridgehead atoms. The van der Waals surface area contributed by atoms with Gasteiger partial charge in [-0.15, -0.1) is 0 Å². The zero-order valence-electron chi connectivity index (χ0n) is 18.6. The molecular weight excluding hydrogens is 414 g/mol. The molecule has 166 valence electrons. The zero-order chi connectivity index (χ0) is 23.1. The van der Waals surface area contributed by atoms with Gasteiger partial charge < -0.3 is 10.2 Å². The third kappa shape index (κ3) is 3.78. The minimum absolute atomic E-state index is 0.225. The minimum atomic E-state index is -0.482. The van der Waals surface area contributed by atoms with Crippen LogP contribution in [0.15, 0.2) is 72.8 Å². The highest BCUT2D eigenvalue weighted by molar-refractivity contribution is 6.21. The number of fused-ring (bicyclic) bond motifs is 2. The van der Waals surface area contributed by atoms with Gasteiger partial charge >= 0.3 is 6.03 Å². The highest BCUT2D eigenvalue weighted by atomic mass is 16.2. The second-order valence-electron chi connectivity index (χ2n) is 8.85. The number of anilines is 2. The van der Waals surface area contributed by atoms with E-state index in [0.717, 1.165) is 16.8 Å². The number of carbonyl (C=O) groups is 3. The minimum Gasteiger partial charge on any atom is -0.322 e. The lowest BCUT2D eigenvalue weighted by Gasteiger charge is -2.28. The summed E-state index contributed by atoms with van der Waals surface area (Å²) in [4.78, 5) is 41.6. The van der Waals surface area contributed by atoms with E-state index in [1.54, 1.807) is 29.2 Å². The monoisotopic (exact) mass is 439 g/mol. The molecule has 33 heavy (non-hydrogen) atoms. The van der Waals surface area contributed by atoms with Gasteiger partial charge in [0.1, 0.15) is 6.04 Å². The average Bonchev–Trinajstić information content (AvgIpc) is 3.07. The Balaban J connectivity index is 1.31. The van der Waals surface area contributed by atoms with E-state index in [9.17, 15) is 14.4 Å². The Labute approximate surface area is 192 Å². The molecule has 5 rings (SSSR count). The quantitative estimate of drug-likeness (QED) is 0.585. The summed E-state index contributed by atoms with van der Waals surface area (Å²) in [6.07, 6.45) is 0.521. The molecule has 2 heterocycles. The molecule has 6 heteroatoms. The molecule has 1 unspecified atom stereocenters. The van der Waals surface area contributed by atoms with E-state index in [4.69, 9.17) is 0 Å². The Morgan fingerprint density at radius 2 is 1.58 bits per heavy atom. The van der Waals surface area contributed by atoms with Crippen LogP contribution in [0.4, 0.5) is 16.2 Å². The van der Waals surface area contributed by atoms with Crippen LogP contribution in [-0.2, 0) is 17.8 Å². The van der Waals surface area contributed by atoms with Gasteiger partial charge in [-0.2, -0.15) is 0 Å². The van der Waals surface area contributed by atoms with Gasteiger partial charge in [-0.3, -0.25) is 9.59 Å². The van der Waals surface area contributed by atoms with Crippen LogP contribution in [-0.4, -0.2) is 28.8 Å². The van der Waals surface area contributed by atoms with Crippen molar-refractivity contribution in [2.75, 3.05) is 10.2 Å². The zero-order valence-corrected chi connectivity index (χ0v) is 18.6. The average molecular weight is 440 g/mol. The fourth-order valence-electron chi connectivity index (χ4n) is 4.47. The lowest BCUT2D eigenvalue weighted by atomic mass is 9.95.